The van der Waals surface area contributed by atoms with Gasteiger partial charge in [0.15, 0.2) is 0 Å². The third kappa shape index (κ3) is 7.12. The first-order valence-corrected chi connectivity index (χ1v) is 15.0. The van der Waals surface area contributed by atoms with E-state index >= 15 is 22.0 Å². The van der Waals surface area contributed by atoms with Crippen molar-refractivity contribution in [3.8, 4) is 34.1 Å². The largest absolute Gasteiger partial charge is 0.432 e. The SMILES string of the molecule is C/C=C/CCC1CCC(c2ccc(-c3cc(F)c(C(F)(F)Oc4ccc(-c5ccc(C#N)c(F)c5)c(F)c4)c(F)c3)c(F)c2)CC1. The summed E-state index contributed by atoms with van der Waals surface area (Å²) in [5, 5.41) is 8.86. The molecular formula is C37H30F7NO. The molecule has 0 aliphatic heterocycles. The van der Waals surface area contributed by atoms with Crippen LogP contribution in [0.25, 0.3) is 22.3 Å². The molecule has 1 aliphatic carbocycles. The van der Waals surface area contributed by atoms with Crippen LogP contribution >= 0.6 is 0 Å². The lowest BCUT2D eigenvalue weighted by molar-refractivity contribution is -0.189. The third-order valence-corrected chi connectivity index (χ3v) is 8.52. The zero-order valence-corrected chi connectivity index (χ0v) is 24.9. The number of alkyl halides is 2. The van der Waals surface area contributed by atoms with Gasteiger partial charge in [0, 0.05) is 17.2 Å². The number of nitriles is 1. The first-order chi connectivity index (χ1) is 22.0. The fraction of sp³-hybridized carbons (Fsp3) is 0.270. The summed E-state index contributed by atoms with van der Waals surface area (Å²) in [5.41, 5.74) is -1.76. The fourth-order valence-corrected chi connectivity index (χ4v) is 6.07. The van der Waals surface area contributed by atoms with Crippen molar-refractivity contribution >= 4 is 0 Å². The Morgan fingerprint density at radius 3 is 2.00 bits per heavy atom. The molecule has 4 aromatic rings. The highest BCUT2D eigenvalue weighted by Gasteiger charge is 2.41. The molecular weight excluding hydrogens is 607 g/mol. The van der Waals surface area contributed by atoms with Gasteiger partial charge in [-0.3, -0.25) is 0 Å². The molecule has 0 aromatic heterocycles. The summed E-state index contributed by atoms with van der Waals surface area (Å²) in [5.74, 6) is -6.01. The van der Waals surface area contributed by atoms with E-state index in [-0.39, 0.29) is 33.7 Å². The van der Waals surface area contributed by atoms with E-state index in [0.717, 1.165) is 68.4 Å². The number of hydrogen-bond donors (Lipinski definition) is 0. The van der Waals surface area contributed by atoms with Gasteiger partial charge in [0.2, 0.25) is 0 Å². The normalized spacial score (nSPS) is 16.8. The molecule has 0 N–H and O–H groups in total. The molecule has 0 saturated heterocycles. The number of halogens is 7. The van der Waals surface area contributed by atoms with Crippen LogP contribution in [0, 0.1) is 46.3 Å². The lowest BCUT2D eigenvalue weighted by Gasteiger charge is -2.29. The molecule has 1 saturated carbocycles. The molecule has 0 atom stereocenters. The highest BCUT2D eigenvalue weighted by Crippen LogP contribution is 2.41. The Balaban J connectivity index is 1.31. The van der Waals surface area contributed by atoms with Crippen LogP contribution in [0.15, 0.2) is 78.9 Å². The monoisotopic (exact) mass is 637 g/mol. The van der Waals surface area contributed by atoms with E-state index in [9.17, 15) is 8.78 Å². The highest BCUT2D eigenvalue weighted by atomic mass is 19.3. The minimum absolute atomic E-state index is 0.0308. The maximum Gasteiger partial charge on any atom is 0.432 e. The van der Waals surface area contributed by atoms with Crippen LogP contribution in [0.4, 0.5) is 30.7 Å². The van der Waals surface area contributed by atoms with Gasteiger partial charge in [-0.05, 0) is 116 Å². The smallest absolute Gasteiger partial charge is 0.429 e. The molecule has 2 nitrogen and oxygen atoms in total. The average molecular weight is 638 g/mol. The molecule has 5 rings (SSSR count). The van der Waals surface area contributed by atoms with Gasteiger partial charge in [-0.25, -0.2) is 22.0 Å². The standard InChI is InChI=1S/C37H30F7NO/c1-2-3-4-5-22-6-8-23(9-7-22)24-12-14-30(32(39)16-24)27-18-34(41)36(35(42)19-27)37(43,44)46-28-13-15-29(33(40)20-28)25-10-11-26(21-45)31(38)17-25/h2-3,10-20,22-23H,4-9H2,1H3/b3-2+. The number of ether oxygens (including phenoxy) is 1. The number of rotatable bonds is 9. The van der Waals surface area contributed by atoms with Crippen molar-refractivity contribution in [2.75, 3.05) is 0 Å². The van der Waals surface area contributed by atoms with Gasteiger partial charge in [0.05, 0.1) is 5.56 Å². The van der Waals surface area contributed by atoms with Gasteiger partial charge < -0.3 is 4.74 Å². The second-order valence-corrected chi connectivity index (χ2v) is 11.5. The van der Waals surface area contributed by atoms with E-state index in [1.165, 1.54) is 18.2 Å². The van der Waals surface area contributed by atoms with Crippen LogP contribution < -0.4 is 4.74 Å². The zero-order valence-electron chi connectivity index (χ0n) is 24.9. The molecule has 238 valence electrons. The third-order valence-electron chi connectivity index (χ3n) is 8.52. The Morgan fingerprint density at radius 1 is 0.761 bits per heavy atom. The molecule has 0 spiro atoms. The summed E-state index contributed by atoms with van der Waals surface area (Å²) < 4.78 is 109. The molecule has 46 heavy (non-hydrogen) atoms. The van der Waals surface area contributed by atoms with E-state index in [2.05, 4.69) is 10.8 Å². The maximum absolute atomic E-state index is 15.2. The number of nitrogens with zero attached hydrogens (tertiary/aromatic N) is 1. The molecule has 1 aliphatic rings. The van der Waals surface area contributed by atoms with Crippen LogP contribution in [0.1, 0.15) is 68.1 Å². The van der Waals surface area contributed by atoms with Crippen molar-refractivity contribution in [2.24, 2.45) is 5.92 Å². The van der Waals surface area contributed by atoms with Crippen LogP contribution in [-0.4, -0.2) is 0 Å². The molecule has 9 heteroatoms. The number of hydrogen-bond acceptors (Lipinski definition) is 2. The lowest BCUT2D eigenvalue weighted by Crippen LogP contribution is -2.25. The molecule has 0 unspecified atom stereocenters. The Morgan fingerprint density at radius 2 is 1.39 bits per heavy atom. The number of benzene rings is 4. The first kappa shape index (κ1) is 32.8. The van der Waals surface area contributed by atoms with Crippen LogP contribution in [0.3, 0.4) is 0 Å². The summed E-state index contributed by atoms with van der Waals surface area (Å²) in [6, 6.07) is 13.1. The summed E-state index contributed by atoms with van der Waals surface area (Å²) >= 11 is 0. The molecule has 0 amide bonds. The first-order valence-electron chi connectivity index (χ1n) is 15.0. The van der Waals surface area contributed by atoms with Crippen molar-refractivity contribution in [3.05, 3.63) is 125 Å². The summed E-state index contributed by atoms with van der Waals surface area (Å²) in [6.45, 7) is 1.99. The molecule has 4 aromatic carbocycles. The van der Waals surface area contributed by atoms with Crippen molar-refractivity contribution in [2.45, 2.75) is 57.5 Å². The second-order valence-electron chi connectivity index (χ2n) is 11.5. The predicted molar refractivity (Wildman–Crippen MR) is 162 cm³/mol. The molecule has 0 heterocycles. The highest BCUT2D eigenvalue weighted by molar-refractivity contribution is 5.67. The zero-order chi connectivity index (χ0) is 33.0. The second kappa shape index (κ2) is 13.8. The van der Waals surface area contributed by atoms with Gasteiger partial charge in [0.1, 0.15) is 46.5 Å². The van der Waals surface area contributed by atoms with Crippen LogP contribution in [0.2, 0.25) is 0 Å². The predicted octanol–water partition coefficient (Wildman–Crippen LogP) is 11.3. The van der Waals surface area contributed by atoms with E-state index in [0.29, 0.717) is 24.1 Å². The summed E-state index contributed by atoms with van der Waals surface area (Å²) in [4.78, 5) is 0. The minimum atomic E-state index is -4.57. The van der Waals surface area contributed by atoms with E-state index < -0.39 is 46.5 Å². The Hall–Kier alpha value is -4.58. The minimum Gasteiger partial charge on any atom is -0.429 e. The van der Waals surface area contributed by atoms with Crippen molar-refractivity contribution < 1.29 is 35.5 Å². The van der Waals surface area contributed by atoms with E-state index in [4.69, 9.17) is 5.26 Å². The summed E-state index contributed by atoms with van der Waals surface area (Å²) in [7, 11) is 0. The Bertz CT molecular complexity index is 1780. The van der Waals surface area contributed by atoms with Crippen LogP contribution in [0.5, 0.6) is 5.75 Å². The van der Waals surface area contributed by atoms with Gasteiger partial charge in [0.25, 0.3) is 0 Å². The van der Waals surface area contributed by atoms with Crippen molar-refractivity contribution in [3.63, 3.8) is 0 Å². The fourth-order valence-electron chi connectivity index (χ4n) is 6.07. The lowest BCUT2D eigenvalue weighted by atomic mass is 9.77. The molecule has 1 fully saturated rings. The van der Waals surface area contributed by atoms with Gasteiger partial charge in [-0.2, -0.15) is 14.0 Å². The van der Waals surface area contributed by atoms with E-state index in [1.54, 1.807) is 12.1 Å². The topological polar surface area (TPSA) is 33.0 Å². The van der Waals surface area contributed by atoms with Gasteiger partial charge >= 0.3 is 6.11 Å². The number of allylic oxidation sites excluding steroid dienone is 2. The van der Waals surface area contributed by atoms with Crippen molar-refractivity contribution in [1.29, 1.82) is 5.26 Å². The van der Waals surface area contributed by atoms with Crippen LogP contribution in [-0.2, 0) is 6.11 Å². The molecule has 0 bridgehead atoms. The van der Waals surface area contributed by atoms with Gasteiger partial charge in [-0.1, -0.05) is 30.4 Å². The van der Waals surface area contributed by atoms with E-state index in [1.807, 2.05) is 13.0 Å². The Labute approximate surface area is 262 Å². The van der Waals surface area contributed by atoms with Gasteiger partial charge in [-0.15, -0.1) is 0 Å². The Kier molecular flexibility index (Phi) is 9.85. The quantitative estimate of drug-likeness (QED) is 0.135. The summed E-state index contributed by atoms with van der Waals surface area (Å²) in [6.07, 6.45) is 5.66. The van der Waals surface area contributed by atoms with Crippen molar-refractivity contribution in [1.82, 2.24) is 0 Å². The maximum atomic E-state index is 15.2. The average Bonchev–Trinajstić information content (AvgIpc) is 3.01. The molecule has 0 radical (unpaired) electrons.